The Balaban J connectivity index is 0.000000434. The van der Waals surface area contributed by atoms with E-state index in [1.54, 1.807) is 83.6 Å². The molecule has 0 radical (unpaired) electrons. The van der Waals surface area contributed by atoms with Crippen LogP contribution in [0.25, 0.3) is 22.3 Å². The lowest BCUT2D eigenvalue weighted by Gasteiger charge is -2.34. The number of carboxylic acid groups (broad SMARTS) is 2. The molecule has 5 aromatic carbocycles. The van der Waals surface area contributed by atoms with Crippen LogP contribution in [0.3, 0.4) is 0 Å². The molecule has 0 aliphatic heterocycles. The van der Waals surface area contributed by atoms with Gasteiger partial charge in [0.2, 0.25) is 0 Å². The number of methoxy groups -OCH3 is 1. The second-order valence-corrected chi connectivity index (χ2v) is 30.7. The van der Waals surface area contributed by atoms with Crippen molar-refractivity contribution in [3.8, 4) is 22.3 Å². The molecule has 0 heterocycles. The molecule has 476 valence electrons. The van der Waals surface area contributed by atoms with E-state index in [0.29, 0.717) is 52.3 Å². The lowest BCUT2D eigenvalue weighted by Crippen LogP contribution is -2.44. The fourth-order valence-electron chi connectivity index (χ4n) is 8.84. The van der Waals surface area contributed by atoms with Gasteiger partial charge in [0.05, 0.1) is 47.9 Å². The highest BCUT2D eigenvalue weighted by Gasteiger charge is 2.32. The van der Waals surface area contributed by atoms with Gasteiger partial charge >= 0.3 is 23.9 Å². The molecule has 0 aromatic heterocycles. The fraction of sp³-hybridized carbons (Fsp3) is 0.429. The lowest BCUT2D eigenvalue weighted by atomic mass is 9.95. The number of hydroxylamine groups is 1. The summed E-state index contributed by atoms with van der Waals surface area (Å²) in [4.78, 5) is 88.3. The number of carbonyl (C=O) groups is 6. The van der Waals surface area contributed by atoms with Gasteiger partial charge in [0.25, 0.3) is 11.8 Å². The predicted octanol–water partition coefficient (Wildman–Crippen LogP) is 12.6. The second-order valence-electron chi connectivity index (χ2n) is 21.9. The lowest BCUT2D eigenvalue weighted by molar-refractivity contribution is -0.253. The Morgan fingerprint density at radius 1 is 0.529 bits per heavy atom. The van der Waals surface area contributed by atoms with Gasteiger partial charge in [0, 0.05) is 44.8 Å². The quantitative estimate of drug-likeness (QED) is 0.00629. The molecule has 0 fully saturated rings. The minimum atomic E-state index is -1.86. The molecule has 0 saturated heterocycles. The number of rotatable bonds is 32. The Kier molecular flexibility index (Phi) is 32.3. The SMILES string of the molecule is CCCC.CCCC[Si](C)(C)O[Si](C)(C)CCCNC(=O)c1cc(-c2ccc(COO)c(COC)c2)ccc1C(=O)O.CNOCc1cc(-c2ccc(C(=O)O)c(C(=O)Nc3cc(NC)cc(NC(=O)NCCOC(=O)C(C)C)c3)c2)ccc1COO. The van der Waals surface area contributed by atoms with Crippen molar-refractivity contribution in [3.63, 3.8) is 0 Å². The van der Waals surface area contributed by atoms with Crippen LogP contribution in [-0.4, -0.2) is 114 Å². The van der Waals surface area contributed by atoms with E-state index in [9.17, 15) is 39.0 Å². The molecule has 87 heavy (non-hydrogen) atoms. The summed E-state index contributed by atoms with van der Waals surface area (Å²) in [7, 11) is 1.29. The third-order valence-corrected chi connectivity index (χ3v) is 21.0. The number of unbranched alkanes of at least 4 members (excludes halogenated alkanes) is 2. The molecule has 0 saturated carbocycles. The highest BCUT2D eigenvalue weighted by molar-refractivity contribution is 6.84. The molecule has 0 atom stereocenters. The van der Waals surface area contributed by atoms with Gasteiger partial charge in [-0.3, -0.25) is 29.7 Å². The Hall–Kier alpha value is -7.37. The van der Waals surface area contributed by atoms with E-state index in [-0.39, 0.29) is 72.8 Å². The number of urea groups is 1. The van der Waals surface area contributed by atoms with Crippen LogP contribution in [0, 0.1) is 5.92 Å². The Morgan fingerprint density at radius 3 is 1.48 bits per heavy atom. The second kappa shape index (κ2) is 38.0. The number of aromatic carboxylic acids is 2. The van der Waals surface area contributed by atoms with Crippen molar-refractivity contribution in [1.82, 2.24) is 16.1 Å². The molecule has 22 nitrogen and oxygen atoms in total. The molecule has 5 aromatic rings. The van der Waals surface area contributed by atoms with Crippen molar-refractivity contribution in [2.24, 2.45) is 5.92 Å². The zero-order valence-corrected chi connectivity index (χ0v) is 54.3. The highest BCUT2D eigenvalue weighted by atomic mass is 28.4. The zero-order valence-electron chi connectivity index (χ0n) is 52.3. The van der Waals surface area contributed by atoms with Gasteiger partial charge in [-0.1, -0.05) is 96.7 Å². The fourth-order valence-corrected chi connectivity index (χ4v) is 17.9. The van der Waals surface area contributed by atoms with Crippen molar-refractivity contribution in [2.75, 3.05) is 56.9 Å². The molecule has 10 N–H and O–H groups in total. The molecular formula is C63H90N6O16Si2. The number of hydrogen-bond donors (Lipinski definition) is 10. The van der Waals surface area contributed by atoms with E-state index in [4.69, 9.17) is 28.9 Å². The summed E-state index contributed by atoms with van der Waals surface area (Å²) in [5.74, 6) is -4.18. The predicted molar refractivity (Wildman–Crippen MR) is 342 cm³/mol. The molecule has 0 bridgehead atoms. The Morgan fingerprint density at radius 2 is 1.01 bits per heavy atom. The van der Waals surface area contributed by atoms with Crippen LogP contribution in [0.2, 0.25) is 38.3 Å². The molecule has 5 rings (SSSR count). The largest absolute Gasteiger partial charge is 0.478 e. The summed E-state index contributed by atoms with van der Waals surface area (Å²) in [6, 6.07) is 26.3. The number of hydrogen-bond acceptors (Lipinski definition) is 16. The summed E-state index contributed by atoms with van der Waals surface area (Å²) in [5.41, 5.74) is 9.25. The Bertz CT molecular complexity index is 3050. The van der Waals surface area contributed by atoms with E-state index < -0.39 is 46.4 Å². The van der Waals surface area contributed by atoms with Gasteiger partial charge in [-0.05, 0) is 144 Å². The van der Waals surface area contributed by atoms with Crippen LogP contribution in [0.15, 0.2) is 91.0 Å². The minimum Gasteiger partial charge on any atom is -0.478 e. The van der Waals surface area contributed by atoms with E-state index in [2.05, 4.69) is 88.8 Å². The van der Waals surface area contributed by atoms with Crippen molar-refractivity contribution in [1.29, 1.82) is 0 Å². The number of anilines is 3. The van der Waals surface area contributed by atoms with E-state index in [0.717, 1.165) is 35.2 Å². The van der Waals surface area contributed by atoms with E-state index in [1.165, 1.54) is 49.9 Å². The maximum Gasteiger partial charge on any atom is 0.336 e. The van der Waals surface area contributed by atoms with Gasteiger partial charge in [0.1, 0.15) is 19.8 Å². The average Bonchev–Trinajstić information content (AvgIpc) is 2.09. The summed E-state index contributed by atoms with van der Waals surface area (Å²) in [5, 5.41) is 51.1. The van der Waals surface area contributed by atoms with Crippen LogP contribution >= 0.6 is 0 Å². The molecule has 4 amide bonds. The third kappa shape index (κ3) is 25.5. The molecule has 24 heteroatoms. The first-order chi connectivity index (χ1) is 41.4. The van der Waals surface area contributed by atoms with Crippen molar-refractivity contribution in [3.05, 3.63) is 136 Å². The summed E-state index contributed by atoms with van der Waals surface area (Å²) < 4.78 is 16.9. The molecule has 0 spiro atoms. The van der Waals surface area contributed by atoms with Gasteiger partial charge in [-0.15, -0.1) is 0 Å². The smallest absolute Gasteiger partial charge is 0.336 e. The monoisotopic (exact) mass is 1240 g/mol. The standard InChI is InChI=1S/C31H37N5O9.C28H43NO7Si2.C4H10/c1-18(2)30(40)43-10-9-34-31(41)36-25-14-23(32-3)13-24(15-25)35-28(37)27-12-20(7-8-26(27)29(38)39)19-5-6-21(17-45-42)22(11-19)16-44-33-4;1-7-8-15-37(3,4)36-38(5,6)16-9-14-29-27(30)26-18-22(12-13-25(26)28(31)32)21-10-11-23(20-35-33)24(17-21)19-34-2;1-3-4-2/h5-8,11-15,18,32-33,42H,9-10,16-17H2,1-4H3,(H,35,37)(H,38,39)(H2,34,36,41);10-13,17-18,33H,7-9,14-16,19-20H2,1-6H3,(H,29,30)(H,31,32);3-4H2,1-2H3. The molecule has 0 aliphatic carbocycles. The van der Waals surface area contributed by atoms with Crippen LogP contribution in [0.1, 0.15) is 130 Å². The molecule has 0 unspecified atom stereocenters. The first-order valence-electron chi connectivity index (χ1n) is 29.0. The number of benzene rings is 5. The average molecular weight is 1240 g/mol. The number of ether oxygens (including phenoxy) is 2. The topological polar surface area (TPSA) is 311 Å². The summed E-state index contributed by atoms with van der Waals surface area (Å²) in [6.45, 7) is 20.0. The summed E-state index contributed by atoms with van der Waals surface area (Å²) in [6.07, 6.45) is 5.78. The van der Waals surface area contributed by atoms with Gasteiger partial charge in [-0.2, -0.15) is 0 Å². The van der Waals surface area contributed by atoms with Crippen molar-refractivity contribution in [2.45, 2.75) is 131 Å². The van der Waals surface area contributed by atoms with Crippen LogP contribution in [0.4, 0.5) is 21.9 Å². The Labute approximate surface area is 513 Å². The molecular weight excluding hydrogens is 1150 g/mol. The van der Waals surface area contributed by atoms with Crippen molar-refractivity contribution < 1.29 is 77.7 Å². The van der Waals surface area contributed by atoms with Crippen LogP contribution in [0.5, 0.6) is 0 Å². The highest BCUT2D eigenvalue weighted by Crippen LogP contribution is 2.30. The third-order valence-electron chi connectivity index (χ3n) is 13.4. The number of carbonyl (C=O) groups excluding carboxylic acids is 4. The van der Waals surface area contributed by atoms with E-state index >= 15 is 0 Å². The number of carboxylic acids is 2. The van der Waals surface area contributed by atoms with Gasteiger partial charge < -0.3 is 50.4 Å². The first kappa shape index (κ1) is 73.9. The summed E-state index contributed by atoms with van der Waals surface area (Å²) >= 11 is 0. The minimum absolute atomic E-state index is 0.0134. The number of esters is 1. The maximum atomic E-state index is 13.5. The van der Waals surface area contributed by atoms with E-state index in [1.807, 2.05) is 18.2 Å². The van der Waals surface area contributed by atoms with Crippen molar-refractivity contribution >= 4 is 69.5 Å². The molecule has 0 aliphatic rings. The number of nitrogens with one attached hydrogen (secondary N) is 6. The zero-order chi connectivity index (χ0) is 64.7. The maximum absolute atomic E-state index is 13.5. The first-order valence-corrected chi connectivity index (χ1v) is 35.3. The number of amides is 4. The van der Waals surface area contributed by atoms with Crippen LogP contribution < -0.4 is 32.1 Å². The van der Waals surface area contributed by atoms with Crippen LogP contribution in [-0.2, 0) is 59.4 Å². The normalized spacial score (nSPS) is 11.1. The van der Waals surface area contributed by atoms with Gasteiger partial charge in [-0.25, -0.2) is 29.6 Å². The van der Waals surface area contributed by atoms with Gasteiger partial charge in [0.15, 0.2) is 16.6 Å².